The van der Waals surface area contributed by atoms with Crippen LogP contribution in [-0.2, 0) is 6.54 Å². The van der Waals surface area contributed by atoms with Crippen molar-refractivity contribution in [2.45, 2.75) is 26.3 Å². The van der Waals surface area contributed by atoms with Crippen molar-refractivity contribution in [2.75, 3.05) is 5.73 Å². The maximum Gasteiger partial charge on any atom is 0.182 e. The molecule has 0 radical (unpaired) electrons. The topological polar surface area (TPSA) is 69.6 Å². The highest BCUT2D eigenvalue weighted by atomic mass is 15.5. The van der Waals surface area contributed by atoms with Gasteiger partial charge >= 0.3 is 0 Å². The number of benzene rings is 1. The number of rotatable bonds is 4. The number of hydrogen-bond donors (Lipinski definition) is 1. The first-order valence-electron chi connectivity index (χ1n) is 5.43. The molecule has 5 nitrogen and oxygen atoms in total. The summed E-state index contributed by atoms with van der Waals surface area (Å²) in [7, 11) is 0. The Balaban J connectivity index is 2.26. The van der Waals surface area contributed by atoms with Crippen LogP contribution in [0.25, 0.3) is 11.4 Å². The molecule has 1 aromatic carbocycles. The van der Waals surface area contributed by atoms with Crippen LogP contribution in [0.5, 0.6) is 0 Å². The van der Waals surface area contributed by atoms with Gasteiger partial charge in [-0.2, -0.15) is 0 Å². The third-order valence-corrected chi connectivity index (χ3v) is 2.42. The van der Waals surface area contributed by atoms with E-state index >= 15 is 0 Å². The zero-order chi connectivity index (χ0) is 11.4. The van der Waals surface area contributed by atoms with Crippen LogP contribution in [0.3, 0.4) is 0 Å². The first-order valence-corrected chi connectivity index (χ1v) is 5.43. The van der Waals surface area contributed by atoms with E-state index in [0.717, 1.165) is 36.5 Å². The minimum atomic E-state index is 0.747. The summed E-state index contributed by atoms with van der Waals surface area (Å²) in [5.74, 6) is 0.799. The van der Waals surface area contributed by atoms with Crippen molar-refractivity contribution in [2.24, 2.45) is 0 Å². The van der Waals surface area contributed by atoms with E-state index < -0.39 is 0 Å². The Bertz CT molecular complexity index is 446. The summed E-state index contributed by atoms with van der Waals surface area (Å²) in [4.78, 5) is 0. The fourth-order valence-electron chi connectivity index (χ4n) is 1.50. The predicted octanol–water partition coefficient (Wildman–Crippen LogP) is 1.72. The highest BCUT2D eigenvalue weighted by Gasteiger charge is 2.07. The van der Waals surface area contributed by atoms with E-state index in [1.807, 2.05) is 28.9 Å². The monoisotopic (exact) mass is 217 g/mol. The van der Waals surface area contributed by atoms with Gasteiger partial charge in [0.2, 0.25) is 0 Å². The molecule has 0 amide bonds. The maximum absolute atomic E-state index is 5.64. The average Bonchev–Trinajstić information content (AvgIpc) is 2.75. The number of nitrogens with zero attached hydrogens (tertiary/aromatic N) is 4. The van der Waals surface area contributed by atoms with Gasteiger partial charge in [0.25, 0.3) is 0 Å². The molecule has 2 N–H and O–H groups in total. The standard InChI is InChI=1S/C11H15N5/c1-2-3-8-16-11(13-14-15-16)9-4-6-10(12)7-5-9/h4-7H,2-3,8,12H2,1H3. The molecular weight excluding hydrogens is 202 g/mol. The number of aryl methyl sites for hydroxylation is 1. The van der Waals surface area contributed by atoms with Crippen molar-refractivity contribution in [1.82, 2.24) is 20.2 Å². The Morgan fingerprint density at radius 3 is 2.69 bits per heavy atom. The maximum atomic E-state index is 5.64. The number of nitrogens with two attached hydrogens (primary N) is 1. The Kier molecular flexibility index (Phi) is 3.14. The summed E-state index contributed by atoms with van der Waals surface area (Å²) in [5, 5.41) is 11.7. The minimum Gasteiger partial charge on any atom is -0.399 e. The van der Waals surface area contributed by atoms with Crippen LogP contribution in [0.2, 0.25) is 0 Å². The van der Waals surface area contributed by atoms with E-state index in [-0.39, 0.29) is 0 Å². The Morgan fingerprint density at radius 2 is 2.00 bits per heavy atom. The van der Waals surface area contributed by atoms with Gasteiger partial charge in [-0.1, -0.05) is 13.3 Å². The van der Waals surface area contributed by atoms with Gasteiger partial charge in [0.05, 0.1) is 0 Å². The summed E-state index contributed by atoms with van der Waals surface area (Å²) in [6.07, 6.45) is 2.20. The lowest BCUT2D eigenvalue weighted by molar-refractivity contribution is 0.557. The normalized spacial score (nSPS) is 10.6. The van der Waals surface area contributed by atoms with Crippen molar-refractivity contribution < 1.29 is 0 Å². The molecular formula is C11H15N5. The largest absolute Gasteiger partial charge is 0.399 e. The second-order valence-electron chi connectivity index (χ2n) is 3.70. The van der Waals surface area contributed by atoms with Gasteiger partial charge < -0.3 is 5.73 Å². The zero-order valence-electron chi connectivity index (χ0n) is 9.30. The highest BCUT2D eigenvalue weighted by molar-refractivity contribution is 5.58. The number of nitrogen functional groups attached to an aromatic ring is 1. The fraction of sp³-hybridized carbons (Fsp3) is 0.364. The molecule has 0 aliphatic carbocycles. The van der Waals surface area contributed by atoms with Gasteiger partial charge in [0.15, 0.2) is 5.82 Å². The fourth-order valence-corrected chi connectivity index (χ4v) is 1.50. The summed E-state index contributed by atoms with van der Waals surface area (Å²) < 4.78 is 1.83. The average molecular weight is 217 g/mol. The zero-order valence-corrected chi connectivity index (χ0v) is 9.30. The molecule has 5 heteroatoms. The van der Waals surface area contributed by atoms with Crippen molar-refractivity contribution in [3.8, 4) is 11.4 Å². The molecule has 84 valence electrons. The van der Waals surface area contributed by atoms with Gasteiger partial charge in [0, 0.05) is 17.8 Å². The number of tetrazole rings is 1. The molecule has 2 aromatic rings. The molecule has 1 aromatic heterocycles. The second-order valence-corrected chi connectivity index (χ2v) is 3.70. The quantitative estimate of drug-likeness (QED) is 0.792. The smallest absolute Gasteiger partial charge is 0.182 e. The molecule has 0 aliphatic rings. The van der Waals surface area contributed by atoms with E-state index in [2.05, 4.69) is 22.4 Å². The molecule has 0 bridgehead atoms. The van der Waals surface area contributed by atoms with E-state index in [4.69, 9.17) is 5.73 Å². The summed E-state index contributed by atoms with van der Waals surface area (Å²) in [5.41, 5.74) is 7.38. The van der Waals surface area contributed by atoms with Gasteiger partial charge in [-0.25, -0.2) is 4.68 Å². The van der Waals surface area contributed by atoms with Gasteiger partial charge in [-0.05, 0) is 41.1 Å². The van der Waals surface area contributed by atoms with Crippen LogP contribution in [0.4, 0.5) is 5.69 Å². The third-order valence-electron chi connectivity index (χ3n) is 2.42. The van der Waals surface area contributed by atoms with Crippen molar-refractivity contribution in [1.29, 1.82) is 0 Å². The molecule has 1 heterocycles. The van der Waals surface area contributed by atoms with Gasteiger partial charge in [-0.3, -0.25) is 0 Å². The molecule has 0 fully saturated rings. The van der Waals surface area contributed by atoms with Crippen LogP contribution in [-0.4, -0.2) is 20.2 Å². The van der Waals surface area contributed by atoms with Gasteiger partial charge in [-0.15, -0.1) is 5.10 Å². The van der Waals surface area contributed by atoms with Crippen LogP contribution in [0.15, 0.2) is 24.3 Å². The molecule has 0 unspecified atom stereocenters. The molecule has 16 heavy (non-hydrogen) atoms. The van der Waals surface area contributed by atoms with E-state index in [9.17, 15) is 0 Å². The Labute approximate surface area is 94.3 Å². The van der Waals surface area contributed by atoms with Crippen molar-refractivity contribution >= 4 is 5.69 Å². The van der Waals surface area contributed by atoms with Crippen molar-refractivity contribution in [3.05, 3.63) is 24.3 Å². The van der Waals surface area contributed by atoms with Gasteiger partial charge in [0.1, 0.15) is 0 Å². The van der Waals surface area contributed by atoms with Crippen LogP contribution >= 0.6 is 0 Å². The molecule has 0 aliphatic heterocycles. The molecule has 0 atom stereocenters. The lowest BCUT2D eigenvalue weighted by atomic mass is 10.2. The minimum absolute atomic E-state index is 0.747. The van der Waals surface area contributed by atoms with Crippen LogP contribution in [0, 0.1) is 0 Å². The lowest BCUT2D eigenvalue weighted by Crippen LogP contribution is -2.02. The SMILES string of the molecule is CCCCn1nnnc1-c1ccc(N)cc1. The predicted molar refractivity (Wildman–Crippen MR) is 62.6 cm³/mol. The molecule has 2 rings (SSSR count). The van der Waals surface area contributed by atoms with E-state index in [1.54, 1.807) is 0 Å². The number of hydrogen-bond acceptors (Lipinski definition) is 4. The van der Waals surface area contributed by atoms with E-state index in [1.165, 1.54) is 0 Å². The molecule has 0 spiro atoms. The number of aromatic nitrogens is 4. The van der Waals surface area contributed by atoms with Crippen LogP contribution in [0.1, 0.15) is 19.8 Å². The molecule has 0 saturated heterocycles. The van der Waals surface area contributed by atoms with Crippen molar-refractivity contribution in [3.63, 3.8) is 0 Å². The lowest BCUT2D eigenvalue weighted by Gasteiger charge is -2.03. The highest BCUT2D eigenvalue weighted by Crippen LogP contribution is 2.17. The summed E-state index contributed by atoms with van der Waals surface area (Å²) in [6.45, 7) is 3.00. The summed E-state index contributed by atoms with van der Waals surface area (Å²) in [6, 6.07) is 7.58. The van der Waals surface area contributed by atoms with E-state index in [0.29, 0.717) is 0 Å². The number of unbranched alkanes of at least 4 members (excludes halogenated alkanes) is 1. The van der Waals surface area contributed by atoms with Crippen LogP contribution < -0.4 is 5.73 Å². The second kappa shape index (κ2) is 4.74. The first kappa shape index (κ1) is 10.6. The Morgan fingerprint density at radius 1 is 1.25 bits per heavy atom. The third kappa shape index (κ3) is 2.18. The number of anilines is 1. The first-order chi connectivity index (χ1) is 7.81. The summed E-state index contributed by atoms with van der Waals surface area (Å²) >= 11 is 0. The molecule has 0 saturated carbocycles. The Hall–Kier alpha value is -1.91.